The van der Waals surface area contributed by atoms with Gasteiger partial charge in [0.05, 0.1) is 13.2 Å². The van der Waals surface area contributed by atoms with Crippen molar-refractivity contribution in [1.82, 2.24) is 4.90 Å². The van der Waals surface area contributed by atoms with Crippen molar-refractivity contribution in [2.75, 3.05) is 80.7 Å². The van der Waals surface area contributed by atoms with Gasteiger partial charge in [-0.25, -0.2) is 4.39 Å². The van der Waals surface area contributed by atoms with Gasteiger partial charge in [0.1, 0.15) is 17.2 Å². The van der Waals surface area contributed by atoms with E-state index < -0.39 is 10.9 Å². The van der Waals surface area contributed by atoms with Crippen molar-refractivity contribution in [3.05, 3.63) is 50.5 Å². The van der Waals surface area contributed by atoms with Crippen LogP contribution >= 0.6 is 0 Å². The molecule has 29 heavy (non-hydrogen) atoms. The number of piperazine rings is 1. The third-order valence-corrected chi connectivity index (χ3v) is 5.73. The number of halogens is 1. The lowest BCUT2D eigenvalue weighted by molar-refractivity contribution is 0.0378. The van der Waals surface area contributed by atoms with Crippen molar-refractivity contribution in [3.63, 3.8) is 0 Å². The van der Waals surface area contributed by atoms with Crippen LogP contribution in [0.1, 0.15) is 6.42 Å². The molecule has 0 amide bonds. The van der Waals surface area contributed by atoms with Gasteiger partial charge in [-0.3, -0.25) is 14.5 Å². The van der Waals surface area contributed by atoms with Gasteiger partial charge < -0.3 is 19.9 Å². The first-order valence-electron chi connectivity index (χ1n) is 10.3. The Balaban J connectivity index is 1.29. The first-order chi connectivity index (χ1) is 14.1. The van der Waals surface area contributed by atoms with Gasteiger partial charge >= 0.3 is 0 Å². The Kier molecular flexibility index (Phi) is 6.10. The van der Waals surface area contributed by atoms with Crippen LogP contribution in [0.3, 0.4) is 0 Å². The SMILES string of the molecule is O=c1c(NCCCN2CCOCC2)c(N2CCN(c3ccc(F)cc3)CC2)c1=O. The van der Waals surface area contributed by atoms with Gasteiger partial charge in [0, 0.05) is 51.5 Å². The third kappa shape index (κ3) is 4.43. The lowest BCUT2D eigenvalue weighted by atomic mass is 10.1. The standard InChI is InChI=1S/C21H27FN4O3/c22-16-2-4-17(5-3-16)25-8-10-26(11-9-25)19-18(20(27)21(19)28)23-6-1-7-24-12-14-29-15-13-24/h2-5,23H,1,6-15H2. The summed E-state index contributed by atoms with van der Waals surface area (Å²) in [5.41, 5.74) is 1.16. The van der Waals surface area contributed by atoms with Crippen molar-refractivity contribution >= 4 is 17.1 Å². The Hall–Kier alpha value is -2.45. The minimum Gasteiger partial charge on any atom is -0.380 e. The van der Waals surface area contributed by atoms with Crippen LogP contribution in [0, 0.1) is 5.82 Å². The Labute approximate surface area is 169 Å². The minimum absolute atomic E-state index is 0.250. The molecule has 2 saturated heterocycles. The Morgan fingerprint density at radius 3 is 2.24 bits per heavy atom. The predicted octanol–water partition coefficient (Wildman–Crippen LogP) is 0.882. The molecular weight excluding hydrogens is 375 g/mol. The molecule has 0 saturated carbocycles. The number of rotatable bonds is 7. The average Bonchev–Trinajstić information content (AvgIpc) is 2.77. The summed E-state index contributed by atoms with van der Waals surface area (Å²) in [6.45, 7) is 7.84. The Bertz CT molecular complexity index is 880. The van der Waals surface area contributed by atoms with Crippen molar-refractivity contribution < 1.29 is 9.13 Å². The van der Waals surface area contributed by atoms with Crippen LogP contribution in [-0.2, 0) is 4.74 Å². The van der Waals surface area contributed by atoms with Crippen molar-refractivity contribution in [2.45, 2.75) is 6.42 Å². The topological polar surface area (TPSA) is 65.1 Å². The minimum atomic E-state index is -0.410. The van der Waals surface area contributed by atoms with E-state index in [9.17, 15) is 14.0 Å². The molecule has 8 heteroatoms. The molecular formula is C21H27FN4O3. The second-order valence-corrected chi connectivity index (χ2v) is 7.57. The fourth-order valence-electron chi connectivity index (χ4n) is 4.03. The van der Waals surface area contributed by atoms with E-state index in [4.69, 9.17) is 4.74 Å². The molecule has 0 aliphatic carbocycles. The fraction of sp³-hybridized carbons (Fsp3) is 0.524. The van der Waals surface area contributed by atoms with Crippen LogP contribution in [0.2, 0.25) is 0 Å². The monoisotopic (exact) mass is 402 g/mol. The molecule has 2 heterocycles. The number of nitrogens with one attached hydrogen (secondary N) is 1. The molecule has 2 aliphatic rings. The maximum atomic E-state index is 13.1. The van der Waals surface area contributed by atoms with Crippen molar-refractivity contribution in [1.29, 1.82) is 0 Å². The fourth-order valence-corrected chi connectivity index (χ4v) is 4.03. The van der Waals surface area contributed by atoms with Crippen LogP contribution in [0.4, 0.5) is 21.5 Å². The lowest BCUT2D eigenvalue weighted by Crippen LogP contribution is -2.51. The Morgan fingerprint density at radius 2 is 1.55 bits per heavy atom. The lowest BCUT2D eigenvalue weighted by Gasteiger charge is -2.38. The Morgan fingerprint density at radius 1 is 0.897 bits per heavy atom. The van der Waals surface area contributed by atoms with Crippen molar-refractivity contribution in [3.8, 4) is 0 Å². The zero-order valence-corrected chi connectivity index (χ0v) is 16.5. The predicted molar refractivity (Wildman–Crippen MR) is 113 cm³/mol. The molecule has 2 aromatic rings. The van der Waals surface area contributed by atoms with Gasteiger partial charge in [-0.05, 0) is 37.2 Å². The van der Waals surface area contributed by atoms with Crippen LogP contribution in [0.15, 0.2) is 33.9 Å². The van der Waals surface area contributed by atoms with E-state index in [0.717, 1.165) is 58.0 Å². The third-order valence-electron chi connectivity index (χ3n) is 5.73. The molecule has 0 radical (unpaired) electrons. The molecule has 4 rings (SSSR count). The summed E-state index contributed by atoms with van der Waals surface area (Å²) in [7, 11) is 0. The quantitative estimate of drug-likeness (QED) is 0.545. The molecule has 0 aromatic heterocycles. The van der Waals surface area contributed by atoms with Gasteiger partial charge in [-0.15, -0.1) is 0 Å². The molecule has 2 fully saturated rings. The second kappa shape index (κ2) is 8.92. The smallest absolute Gasteiger partial charge is 0.253 e. The van der Waals surface area contributed by atoms with E-state index >= 15 is 0 Å². The van der Waals surface area contributed by atoms with E-state index in [1.807, 2.05) is 4.90 Å². The number of benzene rings is 1. The first-order valence-corrected chi connectivity index (χ1v) is 10.3. The van der Waals surface area contributed by atoms with Crippen LogP contribution in [-0.4, -0.2) is 70.5 Å². The maximum absolute atomic E-state index is 13.1. The summed E-state index contributed by atoms with van der Waals surface area (Å²) in [4.78, 5) is 30.7. The van der Waals surface area contributed by atoms with E-state index in [2.05, 4.69) is 15.1 Å². The zero-order valence-electron chi connectivity index (χ0n) is 16.5. The number of hydrogen-bond donors (Lipinski definition) is 1. The van der Waals surface area contributed by atoms with Crippen molar-refractivity contribution in [2.24, 2.45) is 0 Å². The molecule has 156 valence electrons. The van der Waals surface area contributed by atoms with Crippen LogP contribution in [0.25, 0.3) is 0 Å². The van der Waals surface area contributed by atoms with Crippen LogP contribution in [0.5, 0.6) is 0 Å². The van der Waals surface area contributed by atoms with Crippen LogP contribution < -0.4 is 26.0 Å². The molecule has 7 nitrogen and oxygen atoms in total. The number of nitrogens with zero attached hydrogens (tertiary/aromatic N) is 3. The van der Waals surface area contributed by atoms with Gasteiger partial charge in [-0.2, -0.15) is 0 Å². The van der Waals surface area contributed by atoms with Gasteiger partial charge in [-0.1, -0.05) is 0 Å². The number of hydrogen-bond acceptors (Lipinski definition) is 7. The summed E-state index contributed by atoms with van der Waals surface area (Å²) in [5.74, 6) is -0.250. The summed E-state index contributed by atoms with van der Waals surface area (Å²) < 4.78 is 18.5. The highest BCUT2D eigenvalue weighted by Crippen LogP contribution is 2.24. The summed E-state index contributed by atoms with van der Waals surface area (Å²) >= 11 is 0. The normalized spacial score (nSPS) is 18.4. The first kappa shape index (κ1) is 19.8. The molecule has 2 aliphatic heterocycles. The van der Waals surface area contributed by atoms with Gasteiger partial charge in [0.15, 0.2) is 0 Å². The summed E-state index contributed by atoms with van der Waals surface area (Å²) in [6, 6.07) is 6.45. The van der Waals surface area contributed by atoms with E-state index in [0.29, 0.717) is 31.0 Å². The molecule has 0 unspecified atom stereocenters. The highest BCUT2D eigenvalue weighted by atomic mass is 19.1. The molecule has 0 bridgehead atoms. The molecule has 1 N–H and O–H groups in total. The second-order valence-electron chi connectivity index (χ2n) is 7.57. The maximum Gasteiger partial charge on any atom is 0.253 e. The van der Waals surface area contributed by atoms with E-state index in [1.54, 1.807) is 12.1 Å². The average molecular weight is 402 g/mol. The summed E-state index contributed by atoms with van der Waals surface area (Å²) in [5, 5.41) is 3.19. The van der Waals surface area contributed by atoms with E-state index in [1.165, 1.54) is 12.1 Å². The molecule has 2 aromatic carbocycles. The van der Waals surface area contributed by atoms with E-state index in [-0.39, 0.29) is 5.82 Å². The number of morpholine rings is 1. The summed E-state index contributed by atoms with van der Waals surface area (Å²) in [6.07, 6.45) is 0.913. The zero-order chi connectivity index (χ0) is 20.2. The highest BCUT2D eigenvalue weighted by Gasteiger charge is 2.28. The largest absolute Gasteiger partial charge is 0.380 e. The molecule has 0 atom stereocenters. The van der Waals surface area contributed by atoms with Gasteiger partial charge in [0.2, 0.25) is 0 Å². The molecule has 0 spiro atoms. The number of anilines is 3. The van der Waals surface area contributed by atoms with Gasteiger partial charge in [0.25, 0.3) is 10.9 Å². The highest BCUT2D eigenvalue weighted by molar-refractivity contribution is 5.75. The number of ether oxygens (including phenoxy) is 1.